The van der Waals surface area contributed by atoms with Crippen LogP contribution >= 0.6 is 0 Å². The van der Waals surface area contributed by atoms with Crippen LogP contribution in [0.5, 0.6) is 0 Å². The lowest BCUT2D eigenvalue weighted by molar-refractivity contribution is -0.569. The molecule has 258 valence electrons. The van der Waals surface area contributed by atoms with Crippen LogP contribution in [0.1, 0.15) is 104 Å². The average Bonchev–Trinajstić information content (AvgIpc) is 3.45. The molecule has 8 heterocycles. The summed E-state index contributed by atoms with van der Waals surface area (Å²) in [6, 6.07) is 8.16. The normalized spacial score (nSPS) is 53.1. The van der Waals surface area contributed by atoms with E-state index in [-0.39, 0.29) is 35.9 Å². The van der Waals surface area contributed by atoms with Crippen LogP contribution in [-0.4, -0.2) is 47.6 Å². The van der Waals surface area contributed by atoms with E-state index in [1.54, 1.807) is 0 Å². The monoisotopic (exact) mass is 658 g/mol. The van der Waals surface area contributed by atoms with Crippen molar-refractivity contribution in [3.8, 4) is 23.7 Å². The highest BCUT2D eigenvalue weighted by Crippen LogP contribution is 2.62. The van der Waals surface area contributed by atoms with Gasteiger partial charge >= 0.3 is 0 Å². The van der Waals surface area contributed by atoms with E-state index in [1.807, 2.05) is 38.1 Å². The number of hydrogen-bond acceptors (Lipinski definition) is 8. The molecule has 2 unspecified atom stereocenters. The number of hydrogen-bond donors (Lipinski definition) is 0. The number of ether oxygens (including phenoxy) is 4. The van der Waals surface area contributed by atoms with Crippen molar-refractivity contribution in [2.45, 2.75) is 140 Å². The fraction of sp³-hybridized carbons (Fsp3) is 0.750. The Kier molecular flexibility index (Phi) is 7.50. The molecular weight excluding hydrogens is 608 g/mol. The molecule has 0 amide bonds. The summed E-state index contributed by atoms with van der Waals surface area (Å²) >= 11 is 0. The molecule has 0 aromatic heterocycles. The minimum atomic E-state index is -0.783. The molecule has 1 aromatic carbocycles. The lowest BCUT2D eigenvalue weighted by Gasteiger charge is -2.59. The van der Waals surface area contributed by atoms with Crippen molar-refractivity contribution in [1.29, 1.82) is 0 Å². The minimum absolute atomic E-state index is 0.190. The van der Waals surface area contributed by atoms with E-state index in [4.69, 9.17) is 38.5 Å². The molecule has 8 nitrogen and oxygen atoms in total. The maximum atomic E-state index is 6.66. The molecule has 1 aromatic rings. The van der Waals surface area contributed by atoms with Crippen molar-refractivity contribution in [3.05, 3.63) is 35.4 Å². The van der Waals surface area contributed by atoms with Gasteiger partial charge in [-0.15, -0.1) is 0 Å². The second kappa shape index (κ2) is 11.3. The first kappa shape index (κ1) is 32.0. The maximum Gasteiger partial charge on any atom is 0.201 e. The Labute approximate surface area is 285 Å². The molecule has 48 heavy (non-hydrogen) atoms. The van der Waals surface area contributed by atoms with Crippen LogP contribution < -0.4 is 0 Å². The molecular formula is C40H50O8. The van der Waals surface area contributed by atoms with Crippen molar-refractivity contribution in [2.75, 3.05) is 0 Å². The molecule has 11 rings (SSSR count). The van der Waals surface area contributed by atoms with Gasteiger partial charge in [0.1, 0.15) is 12.2 Å². The molecule has 10 aliphatic rings. The molecule has 0 N–H and O–H groups in total. The topological polar surface area (TPSA) is 73.8 Å². The summed E-state index contributed by atoms with van der Waals surface area (Å²) in [5.41, 5.74) is 0.732. The summed E-state index contributed by atoms with van der Waals surface area (Å²) in [7, 11) is 0. The average molecular weight is 659 g/mol. The van der Waals surface area contributed by atoms with Crippen LogP contribution in [-0.2, 0) is 38.5 Å². The second-order valence-corrected chi connectivity index (χ2v) is 16.8. The SMILES string of the molecule is CC1[C@@H](C#Cc2ccc(C#C[C@H]3O[C@@H]4O[C@@]5(C)CC[C@H]6[C@H](C)CC[C@@H](C3C)[C@@]46OO5)cc2)O[C@@H]2O[C@@]3(C)CC[C@H]4[C@H](C)CC[C@@H]1[C@@]24OO3. The lowest BCUT2D eigenvalue weighted by Crippen LogP contribution is -2.70. The number of fused-ring (bicyclic) bond motifs is 4. The van der Waals surface area contributed by atoms with E-state index in [0.717, 1.165) is 49.7 Å². The fourth-order valence-electron chi connectivity index (χ4n) is 11.1. The largest absolute Gasteiger partial charge is 0.333 e. The van der Waals surface area contributed by atoms with Gasteiger partial charge in [-0.05, 0) is 112 Å². The molecule has 10 fully saturated rings. The first-order valence-corrected chi connectivity index (χ1v) is 18.6. The summed E-state index contributed by atoms with van der Waals surface area (Å²) < 4.78 is 26.3. The number of rotatable bonds is 0. The van der Waals surface area contributed by atoms with E-state index in [0.29, 0.717) is 23.7 Å². The zero-order chi connectivity index (χ0) is 33.1. The third kappa shape index (κ3) is 4.67. The zero-order valence-corrected chi connectivity index (χ0v) is 29.2. The van der Waals surface area contributed by atoms with Gasteiger partial charge in [0, 0.05) is 35.8 Å². The predicted molar refractivity (Wildman–Crippen MR) is 174 cm³/mol. The van der Waals surface area contributed by atoms with Crippen LogP contribution in [0, 0.1) is 71.0 Å². The predicted octanol–water partition coefficient (Wildman–Crippen LogP) is 6.89. The van der Waals surface area contributed by atoms with Crippen molar-refractivity contribution in [3.63, 3.8) is 0 Å². The number of benzene rings is 1. The van der Waals surface area contributed by atoms with Crippen LogP contribution in [0.15, 0.2) is 24.3 Å². The molecule has 8 aliphatic heterocycles. The Bertz CT molecular complexity index is 1440. The summed E-state index contributed by atoms with van der Waals surface area (Å²) in [4.78, 5) is 24.5. The van der Waals surface area contributed by atoms with Gasteiger partial charge in [0.25, 0.3) is 0 Å². The molecule has 8 saturated heterocycles. The molecule has 2 saturated carbocycles. The van der Waals surface area contributed by atoms with Crippen molar-refractivity contribution < 1.29 is 38.5 Å². The van der Waals surface area contributed by atoms with Crippen molar-refractivity contribution in [1.82, 2.24) is 0 Å². The molecule has 2 aliphatic carbocycles. The van der Waals surface area contributed by atoms with Gasteiger partial charge in [0.15, 0.2) is 23.8 Å². The summed E-state index contributed by atoms with van der Waals surface area (Å²) in [5, 5.41) is 0. The van der Waals surface area contributed by atoms with E-state index < -0.39 is 35.4 Å². The quantitative estimate of drug-likeness (QED) is 0.221. The highest BCUT2D eigenvalue weighted by atomic mass is 17.3. The zero-order valence-electron chi connectivity index (χ0n) is 29.2. The van der Waals surface area contributed by atoms with Crippen LogP contribution in [0.3, 0.4) is 0 Å². The maximum absolute atomic E-state index is 6.66. The molecule has 16 atom stereocenters. The molecule has 8 heteroatoms. The highest BCUT2D eigenvalue weighted by molar-refractivity contribution is 5.43. The van der Waals surface area contributed by atoms with E-state index in [1.165, 1.54) is 12.8 Å². The van der Waals surface area contributed by atoms with Gasteiger partial charge in [-0.3, -0.25) is 0 Å². The van der Waals surface area contributed by atoms with Crippen LogP contribution in [0.2, 0.25) is 0 Å². The van der Waals surface area contributed by atoms with Gasteiger partial charge in [0.05, 0.1) is 0 Å². The fourth-order valence-corrected chi connectivity index (χ4v) is 11.1. The van der Waals surface area contributed by atoms with Crippen molar-refractivity contribution >= 4 is 0 Å². The Hall–Kier alpha value is -1.98. The molecule has 0 radical (unpaired) electrons. The van der Waals surface area contributed by atoms with Crippen molar-refractivity contribution in [2.24, 2.45) is 47.3 Å². The lowest BCUT2D eigenvalue weighted by atomic mass is 9.57. The smallest absolute Gasteiger partial charge is 0.201 e. The van der Waals surface area contributed by atoms with Gasteiger partial charge in [-0.2, -0.15) is 0 Å². The van der Waals surface area contributed by atoms with E-state index in [9.17, 15) is 0 Å². The van der Waals surface area contributed by atoms with Gasteiger partial charge in [0.2, 0.25) is 11.6 Å². The second-order valence-electron chi connectivity index (χ2n) is 16.8. The summed E-state index contributed by atoms with van der Waals surface area (Å²) in [6.07, 6.45) is 6.68. The molecule has 4 bridgehead atoms. The van der Waals surface area contributed by atoms with Gasteiger partial charge < -0.3 is 18.9 Å². The highest BCUT2D eigenvalue weighted by Gasteiger charge is 2.70. The standard InChI is InChI=1S/C40H50O8/c1-23-7-15-31-25(3)33(41-35-39(31)29(23)19-21-37(5,43-35)45-47-39)17-13-27-9-11-28(12-10-27)14-18-34-26(4)32-16-8-24(2)30-20-22-38(6)44-36(42-34)40(30,32)48-46-38/h9-12,23-26,29-36H,7-8,15-16,19-22H2,1-6H3/t23-,24-,25?,26?,29+,30+,31+,32+,33-,34-,35-,36-,37-,38-,39-,40-/m1/s1. The minimum Gasteiger partial charge on any atom is -0.333 e. The Morgan fingerprint density at radius 1 is 0.542 bits per heavy atom. The van der Waals surface area contributed by atoms with Crippen LogP contribution in [0.4, 0.5) is 0 Å². The summed E-state index contributed by atoms with van der Waals surface area (Å²) in [5.74, 6) is 14.8. The summed E-state index contributed by atoms with van der Waals surface area (Å²) in [6.45, 7) is 13.1. The first-order chi connectivity index (χ1) is 23.0. The Morgan fingerprint density at radius 2 is 0.958 bits per heavy atom. The Morgan fingerprint density at radius 3 is 1.38 bits per heavy atom. The first-order valence-electron chi connectivity index (χ1n) is 18.6. The van der Waals surface area contributed by atoms with Gasteiger partial charge in [-0.1, -0.05) is 51.4 Å². The molecule has 2 spiro atoms. The van der Waals surface area contributed by atoms with E-state index >= 15 is 0 Å². The van der Waals surface area contributed by atoms with Crippen LogP contribution in [0.25, 0.3) is 0 Å². The third-order valence-electron chi connectivity index (χ3n) is 13.9. The van der Waals surface area contributed by atoms with E-state index in [2.05, 4.69) is 51.4 Å². The van der Waals surface area contributed by atoms with Gasteiger partial charge in [-0.25, -0.2) is 19.6 Å². The Balaban J connectivity index is 0.917. The third-order valence-corrected chi connectivity index (χ3v) is 13.9.